The molecule has 0 bridgehead atoms. The molecule has 250 valence electrons. The fourth-order valence-corrected chi connectivity index (χ4v) is 9.30. The molecule has 0 amide bonds. The lowest BCUT2D eigenvalue weighted by Gasteiger charge is -2.12. The van der Waals surface area contributed by atoms with E-state index in [0.29, 0.717) is 0 Å². The SMILES string of the molecule is c1ccc(-c2cccc(-c3cccc(-n4c5cccc6c7cc8ccccc8cc7c7cccc8c7c7c(c65)c4ccc7n8-c4ccccc4)c3)c2)cc1. The highest BCUT2D eigenvalue weighted by Crippen LogP contribution is 2.48. The Bertz CT molecular complexity index is 3420. The maximum atomic E-state index is 2.50. The van der Waals surface area contributed by atoms with Crippen molar-refractivity contribution in [3.8, 4) is 33.6 Å². The summed E-state index contributed by atoms with van der Waals surface area (Å²) in [4.78, 5) is 0. The maximum absolute atomic E-state index is 2.50. The van der Waals surface area contributed by atoms with Crippen LogP contribution < -0.4 is 0 Å². The third-order valence-electron chi connectivity index (χ3n) is 11.6. The molecule has 0 saturated heterocycles. The van der Waals surface area contributed by atoms with Gasteiger partial charge < -0.3 is 9.13 Å². The highest BCUT2D eigenvalue weighted by atomic mass is 15.0. The first-order valence-electron chi connectivity index (χ1n) is 18.7. The molecule has 2 heteroatoms. The molecule has 12 aromatic rings. The predicted octanol–water partition coefficient (Wildman–Crippen LogP) is 14.1. The standard InChI is InChI=1S/C52H32N2/c1-3-13-33(14-4-1)34-17-9-18-35(29-34)36-19-10-22-40(30-36)54-46-26-12-24-42-44-32-38-16-8-7-15-37(38)31-43(44)41-23-11-25-45-49(41)51-47(27-28-48(54)52(51)50(42)46)53(45)39-20-5-2-6-21-39/h1-32H. The van der Waals surface area contributed by atoms with E-state index in [4.69, 9.17) is 0 Å². The summed E-state index contributed by atoms with van der Waals surface area (Å²) in [7, 11) is 0. The fraction of sp³-hybridized carbons (Fsp3) is 0. The molecular weight excluding hydrogens is 653 g/mol. The average Bonchev–Trinajstić information content (AvgIpc) is 3.77. The lowest BCUT2D eigenvalue weighted by atomic mass is 9.93. The van der Waals surface area contributed by atoms with Gasteiger partial charge in [-0.2, -0.15) is 0 Å². The first-order valence-corrected chi connectivity index (χ1v) is 18.7. The van der Waals surface area contributed by atoms with Gasteiger partial charge in [-0.3, -0.25) is 0 Å². The molecule has 2 heterocycles. The van der Waals surface area contributed by atoms with Crippen LogP contribution in [0.4, 0.5) is 0 Å². The van der Waals surface area contributed by atoms with Crippen LogP contribution in [-0.4, -0.2) is 9.13 Å². The molecule has 0 saturated carbocycles. The summed E-state index contributed by atoms with van der Waals surface area (Å²) < 4.78 is 4.96. The van der Waals surface area contributed by atoms with Crippen molar-refractivity contribution in [2.45, 2.75) is 0 Å². The van der Waals surface area contributed by atoms with Gasteiger partial charge >= 0.3 is 0 Å². The molecule has 10 aromatic carbocycles. The number of hydrogen-bond acceptors (Lipinski definition) is 0. The summed E-state index contributed by atoms with van der Waals surface area (Å²) in [6.07, 6.45) is 0. The van der Waals surface area contributed by atoms with Gasteiger partial charge in [-0.25, -0.2) is 0 Å². The van der Waals surface area contributed by atoms with Gasteiger partial charge in [-0.1, -0.05) is 127 Å². The van der Waals surface area contributed by atoms with Crippen LogP contribution in [0.25, 0.3) is 110 Å². The van der Waals surface area contributed by atoms with Crippen LogP contribution in [0.15, 0.2) is 194 Å². The monoisotopic (exact) mass is 684 g/mol. The fourth-order valence-electron chi connectivity index (χ4n) is 9.30. The van der Waals surface area contributed by atoms with Gasteiger partial charge in [0.05, 0.1) is 22.1 Å². The molecule has 0 N–H and O–H groups in total. The van der Waals surface area contributed by atoms with Crippen molar-refractivity contribution in [1.82, 2.24) is 9.13 Å². The quantitative estimate of drug-likeness (QED) is 0.175. The van der Waals surface area contributed by atoms with E-state index in [1.165, 1.54) is 104 Å². The van der Waals surface area contributed by atoms with Crippen LogP contribution in [0.2, 0.25) is 0 Å². The van der Waals surface area contributed by atoms with Gasteiger partial charge in [0.1, 0.15) is 0 Å². The average molecular weight is 685 g/mol. The molecule has 0 aliphatic heterocycles. The Labute approximate surface area is 311 Å². The van der Waals surface area contributed by atoms with Crippen molar-refractivity contribution in [2.75, 3.05) is 0 Å². The molecule has 0 aliphatic rings. The Morgan fingerprint density at radius 3 is 1.28 bits per heavy atom. The first kappa shape index (κ1) is 29.4. The Morgan fingerprint density at radius 2 is 0.667 bits per heavy atom. The summed E-state index contributed by atoms with van der Waals surface area (Å²) in [5.41, 5.74) is 12.0. The van der Waals surface area contributed by atoms with Crippen molar-refractivity contribution >= 4 is 75.9 Å². The number of benzene rings is 9. The third kappa shape index (κ3) is 4.11. The second-order valence-corrected chi connectivity index (χ2v) is 14.5. The van der Waals surface area contributed by atoms with E-state index in [-0.39, 0.29) is 0 Å². The zero-order valence-corrected chi connectivity index (χ0v) is 29.4. The van der Waals surface area contributed by atoms with E-state index in [0.717, 1.165) is 5.69 Å². The van der Waals surface area contributed by atoms with Crippen molar-refractivity contribution in [1.29, 1.82) is 0 Å². The molecular formula is C52H32N2. The Kier molecular flexibility index (Phi) is 6.09. The summed E-state index contributed by atoms with van der Waals surface area (Å²) in [5.74, 6) is 0. The van der Waals surface area contributed by atoms with Crippen LogP contribution in [0.1, 0.15) is 0 Å². The van der Waals surface area contributed by atoms with E-state index in [2.05, 4.69) is 203 Å². The Hall–Kier alpha value is -7.16. The molecule has 0 aliphatic carbocycles. The van der Waals surface area contributed by atoms with Crippen molar-refractivity contribution in [3.05, 3.63) is 194 Å². The Balaban J connectivity index is 1.24. The smallest absolute Gasteiger partial charge is 0.0549 e. The maximum Gasteiger partial charge on any atom is 0.0549 e. The summed E-state index contributed by atoms with van der Waals surface area (Å²) in [5, 5.41) is 12.8. The molecule has 0 atom stereocenters. The van der Waals surface area contributed by atoms with Crippen LogP contribution in [-0.2, 0) is 0 Å². The van der Waals surface area contributed by atoms with Gasteiger partial charge in [-0.15, -0.1) is 0 Å². The number of rotatable bonds is 4. The molecule has 12 rings (SSSR count). The topological polar surface area (TPSA) is 9.86 Å². The molecule has 0 fully saturated rings. The largest absolute Gasteiger partial charge is 0.309 e. The minimum absolute atomic E-state index is 1.15. The molecule has 0 spiro atoms. The predicted molar refractivity (Wildman–Crippen MR) is 230 cm³/mol. The highest BCUT2D eigenvalue weighted by Gasteiger charge is 2.24. The van der Waals surface area contributed by atoms with Crippen molar-refractivity contribution in [2.24, 2.45) is 0 Å². The minimum Gasteiger partial charge on any atom is -0.309 e. The Morgan fingerprint density at radius 1 is 0.241 bits per heavy atom. The van der Waals surface area contributed by atoms with Crippen molar-refractivity contribution < 1.29 is 0 Å². The second kappa shape index (κ2) is 11.2. The molecule has 0 radical (unpaired) electrons. The van der Waals surface area contributed by atoms with Gasteiger partial charge in [-0.05, 0) is 121 Å². The van der Waals surface area contributed by atoms with E-state index in [9.17, 15) is 0 Å². The highest BCUT2D eigenvalue weighted by molar-refractivity contribution is 6.39. The number of para-hydroxylation sites is 1. The second-order valence-electron chi connectivity index (χ2n) is 14.5. The number of fused-ring (bicyclic) bond motifs is 4. The zero-order valence-electron chi connectivity index (χ0n) is 29.4. The number of aromatic nitrogens is 2. The lowest BCUT2D eigenvalue weighted by Crippen LogP contribution is -1.95. The zero-order chi connectivity index (χ0) is 35.3. The first-order chi connectivity index (χ1) is 26.8. The van der Waals surface area contributed by atoms with E-state index >= 15 is 0 Å². The molecule has 2 nitrogen and oxygen atoms in total. The summed E-state index contributed by atoms with van der Waals surface area (Å²) in [6.45, 7) is 0. The third-order valence-corrected chi connectivity index (χ3v) is 11.6. The van der Waals surface area contributed by atoms with Crippen molar-refractivity contribution in [3.63, 3.8) is 0 Å². The van der Waals surface area contributed by atoms with Crippen LogP contribution in [0.3, 0.4) is 0 Å². The van der Waals surface area contributed by atoms with Crippen LogP contribution >= 0.6 is 0 Å². The van der Waals surface area contributed by atoms with Crippen LogP contribution in [0.5, 0.6) is 0 Å². The normalized spacial score (nSPS) is 12.1. The molecule has 2 aromatic heterocycles. The minimum atomic E-state index is 1.15. The van der Waals surface area contributed by atoms with E-state index < -0.39 is 0 Å². The number of nitrogens with zero attached hydrogens (tertiary/aromatic N) is 2. The van der Waals surface area contributed by atoms with Crippen LogP contribution in [0, 0.1) is 0 Å². The van der Waals surface area contributed by atoms with Gasteiger partial charge in [0, 0.05) is 32.9 Å². The molecule has 54 heavy (non-hydrogen) atoms. The number of hydrogen-bond donors (Lipinski definition) is 0. The van der Waals surface area contributed by atoms with E-state index in [1.807, 2.05) is 0 Å². The van der Waals surface area contributed by atoms with E-state index in [1.54, 1.807) is 0 Å². The summed E-state index contributed by atoms with van der Waals surface area (Å²) in [6, 6.07) is 71.5. The van der Waals surface area contributed by atoms with Gasteiger partial charge in [0.25, 0.3) is 0 Å². The lowest BCUT2D eigenvalue weighted by molar-refractivity contribution is 1.17. The molecule has 0 unspecified atom stereocenters. The van der Waals surface area contributed by atoms with Gasteiger partial charge in [0.2, 0.25) is 0 Å². The van der Waals surface area contributed by atoms with Gasteiger partial charge in [0.15, 0.2) is 0 Å². The summed E-state index contributed by atoms with van der Waals surface area (Å²) >= 11 is 0.